The fourth-order valence-corrected chi connectivity index (χ4v) is 3.10. The third kappa shape index (κ3) is 4.41. The van der Waals surface area contributed by atoms with Crippen LogP contribution in [0.5, 0.6) is 0 Å². The van der Waals surface area contributed by atoms with Gasteiger partial charge in [-0.3, -0.25) is 4.90 Å². The molecule has 2 heterocycles. The minimum atomic E-state index is 0.851. The summed E-state index contributed by atoms with van der Waals surface area (Å²) in [6, 6.07) is 0. The van der Waals surface area contributed by atoms with E-state index in [1.807, 2.05) is 0 Å². The van der Waals surface area contributed by atoms with Gasteiger partial charge in [-0.15, -0.1) is 0 Å². The van der Waals surface area contributed by atoms with Gasteiger partial charge in [-0.05, 0) is 38.8 Å². The van der Waals surface area contributed by atoms with Crippen molar-refractivity contribution in [3.63, 3.8) is 0 Å². The normalized spacial score (nSPS) is 28.2. The molecule has 1 unspecified atom stereocenters. The Morgan fingerprint density at radius 3 is 2.76 bits per heavy atom. The molecule has 0 saturated carbocycles. The largest absolute Gasteiger partial charge is 0.314 e. The van der Waals surface area contributed by atoms with E-state index in [2.05, 4.69) is 28.7 Å². The van der Waals surface area contributed by atoms with Crippen molar-refractivity contribution in [3.8, 4) is 0 Å². The SMILES string of the molecule is C=C(CC1CCCN(C)C1)CN1CCNCC1. The van der Waals surface area contributed by atoms with E-state index in [1.165, 1.54) is 51.0 Å². The maximum absolute atomic E-state index is 4.29. The summed E-state index contributed by atoms with van der Waals surface area (Å²) in [5, 5.41) is 3.40. The Hall–Kier alpha value is -0.380. The molecule has 1 N–H and O–H groups in total. The second-order valence-electron chi connectivity index (χ2n) is 5.75. The van der Waals surface area contributed by atoms with E-state index < -0.39 is 0 Å². The lowest BCUT2D eigenvalue weighted by Crippen LogP contribution is -2.44. The third-order valence-electron chi connectivity index (χ3n) is 3.96. The molecule has 0 aromatic carbocycles. The van der Waals surface area contributed by atoms with Crippen molar-refractivity contribution in [2.75, 3.05) is 52.9 Å². The molecular formula is C14H27N3. The van der Waals surface area contributed by atoms with Crippen molar-refractivity contribution in [2.45, 2.75) is 19.3 Å². The first kappa shape index (κ1) is 13.1. The molecule has 0 spiro atoms. The highest BCUT2D eigenvalue weighted by Gasteiger charge is 2.19. The first-order valence-electron chi connectivity index (χ1n) is 7.02. The van der Waals surface area contributed by atoms with Crippen LogP contribution in [0.4, 0.5) is 0 Å². The summed E-state index contributed by atoms with van der Waals surface area (Å²) in [6.45, 7) is 12.6. The van der Waals surface area contributed by atoms with E-state index in [1.54, 1.807) is 0 Å². The van der Waals surface area contributed by atoms with Crippen LogP contribution in [0.2, 0.25) is 0 Å². The molecule has 2 aliphatic heterocycles. The molecule has 2 aliphatic rings. The molecule has 0 bridgehead atoms. The second kappa shape index (κ2) is 6.53. The summed E-state index contributed by atoms with van der Waals surface area (Å²) < 4.78 is 0. The molecule has 2 saturated heterocycles. The molecule has 2 fully saturated rings. The summed E-state index contributed by atoms with van der Waals surface area (Å²) in [5.41, 5.74) is 1.44. The predicted molar refractivity (Wildman–Crippen MR) is 73.3 cm³/mol. The highest BCUT2D eigenvalue weighted by atomic mass is 15.2. The molecule has 3 heteroatoms. The number of nitrogens with zero attached hydrogens (tertiary/aromatic N) is 2. The van der Waals surface area contributed by atoms with Gasteiger partial charge < -0.3 is 10.2 Å². The van der Waals surface area contributed by atoms with Crippen molar-refractivity contribution < 1.29 is 0 Å². The molecule has 0 aromatic heterocycles. The molecule has 3 nitrogen and oxygen atoms in total. The van der Waals surface area contributed by atoms with Crippen molar-refractivity contribution in [1.82, 2.24) is 15.1 Å². The molecule has 0 amide bonds. The first-order chi connectivity index (χ1) is 8.24. The van der Waals surface area contributed by atoms with Gasteiger partial charge in [0.05, 0.1) is 0 Å². The summed E-state index contributed by atoms with van der Waals surface area (Å²) in [5.74, 6) is 0.851. The zero-order chi connectivity index (χ0) is 12.1. The topological polar surface area (TPSA) is 18.5 Å². The Bertz CT molecular complexity index is 246. The third-order valence-corrected chi connectivity index (χ3v) is 3.96. The fraction of sp³-hybridized carbons (Fsp3) is 0.857. The van der Waals surface area contributed by atoms with Crippen molar-refractivity contribution in [3.05, 3.63) is 12.2 Å². The molecule has 0 radical (unpaired) electrons. The molecule has 98 valence electrons. The number of hydrogen-bond acceptors (Lipinski definition) is 3. The van der Waals surface area contributed by atoms with Crippen LogP contribution in [0, 0.1) is 5.92 Å². The quantitative estimate of drug-likeness (QED) is 0.741. The zero-order valence-corrected chi connectivity index (χ0v) is 11.2. The molecular weight excluding hydrogens is 210 g/mol. The van der Waals surface area contributed by atoms with E-state index in [4.69, 9.17) is 0 Å². The average molecular weight is 237 g/mol. The second-order valence-corrected chi connectivity index (χ2v) is 5.75. The molecule has 0 aliphatic carbocycles. The van der Waals surface area contributed by atoms with Gasteiger partial charge in [0.25, 0.3) is 0 Å². The van der Waals surface area contributed by atoms with Gasteiger partial charge in [-0.25, -0.2) is 0 Å². The average Bonchev–Trinajstić information content (AvgIpc) is 2.30. The lowest BCUT2D eigenvalue weighted by Gasteiger charge is -2.32. The van der Waals surface area contributed by atoms with Crippen molar-refractivity contribution >= 4 is 0 Å². The monoisotopic (exact) mass is 237 g/mol. The Balaban J connectivity index is 1.68. The Kier molecular flexibility index (Phi) is 5.01. The lowest BCUT2D eigenvalue weighted by molar-refractivity contribution is 0.203. The van der Waals surface area contributed by atoms with Crippen LogP contribution in [0.15, 0.2) is 12.2 Å². The number of rotatable bonds is 4. The van der Waals surface area contributed by atoms with Crippen LogP contribution in [0.1, 0.15) is 19.3 Å². The first-order valence-corrected chi connectivity index (χ1v) is 7.02. The van der Waals surface area contributed by atoms with Gasteiger partial charge in [-0.2, -0.15) is 0 Å². The van der Waals surface area contributed by atoms with Crippen LogP contribution in [-0.4, -0.2) is 62.7 Å². The standard InChI is InChI=1S/C14H27N3/c1-13(11-17-8-5-15-6-9-17)10-14-4-3-7-16(2)12-14/h14-15H,1,3-12H2,2H3. The maximum Gasteiger partial charge on any atom is 0.0191 e. The van der Waals surface area contributed by atoms with Crippen molar-refractivity contribution in [2.24, 2.45) is 5.92 Å². The highest BCUT2D eigenvalue weighted by Crippen LogP contribution is 2.22. The number of piperazine rings is 1. The van der Waals surface area contributed by atoms with Gasteiger partial charge in [0.15, 0.2) is 0 Å². The van der Waals surface area contributed by atoms with Gasteiger partial charge in [-0.1, -0.05) is 12.2 Å². The smallest absolute Gasteiger partial charge is 0.0191 e. The molecule has 1 atom stereocenters. The van der Waals surface area contributed by atoms with Crippen molar-refractivity contribution in [1.29, 1.82) is 0 Å². The van der Waals surface area contributed by atoms with Crippen LogP contribution in [0.25, 0.3) is 0 Å². The van der Waals surface area contributed by atoms with Crippen LogP contribution >= 0.6 is 0 Å². The van der Waals surface area contributed by atoms with Crippen LogP contribution in [0.3, 0.4) is 0 Å². The Labute approximate surface area is 106 Å². The van der Waals surface area contributed by atoms with E-state index >= 15 is 0 Å². The zero-order valence-electron chi connectivity index (χ0n) is 11.2. The fourth-order valence-electron chi connectivity index (χ4n) is 3.10. The van der Waals surface area contributed by atoms with E-state index in [0.717, 1.165) is 25.6 Å². The van der Waals surface area contributed by atoms with Crippen LogP contribution < -0.4 is 5.32 Å². The lowest BCUT2D eigenvalue weighted by atomic mass is 9.92. The van der Waals surface area contributed by atoms with Crippen LogP contribution in [-0.2, 0) is 0 Å². The predicted octanol–water partition coefficient (Wildman–Crippen LogP) is 1.18. The Morgan fingerprint density at radius 2 is 2.06 bits per heavy atom. The Morgan fingerprint density at radius 1 is 1.29 bits per heavy atom. The minimum absolute atomic E-state index is 0.851. The molecule has 2 rings (SSSR count). The summed E-state index contributed by atoms with van der Waals surface area (Å²) in [4.78, 5) is 5.00. The summed E-state index contributed by atoms with van der Waals surface area (Å²) in [7, 11) is 2.24. The van der Waals surface area contributed by atoms with Gasteiger partial charge in [0, 0.05) is 39.3 Å². The highest BCUT2D eigenvalue weighted by molar-refractivity contribution is 5.00. The maximum atomic E-state index is 4.29. The molecule has 17 heavy (non-hydrogen) atoms. The number of nitrogens with one attached hydrogen (secondary N) is 1. The number of piperidine rings is 1. The summed E-state index contributed by atoms with van der Waals surface area (Å²) in [6.07, 6.45) is 3.99. The van der Waals surface area contributed by atoms with Gasteiger partial charge >= 0.3 is 0 Å². The summed E-state index contributed by atoms with van der Waals surface area (Å²) >= 11 is 0. The van der Waals surface area contributed by atoms with Gasteiger partial charge in [0.1, 0.15) is 0 Å². The number of likely N-dealkylation sites (tertiary alicyclic amines) is 1. The molecule has 0 aromatic rings. The van der Waals surface area contributed by atoms with E-state index in [0.29, 0.717) is 0 Å². The minimum Gasteiger partial charge on any atom is -0.314 e. The number of hydrogen-bond donors (Lipinski definition) is 1. The van der Waals surface area contributed by atoms with Gasteiger partial charge in [0.2, 0.25) is 0 Å². The van der Waals surface area contributed by atoms with E-state index in [-0.39, 0.29) is 0 Å². The van der Waals surface area contributed by atoms with E-state index in [9.17, 15) is 0 Å².